The zero-order valence-electron chi connectivity index (χ0n) is 11.7. The van der Waals surface area contributed by atoms with Gasteiger partial charge >= 0.3 is 0 Å². The maximum Gasteiger partial charge on any atom is 0.129 e. The van der Waals surface area contributed by atoms with Gasteiger partial charge in [0.15, 0.2) is 0 Å². The molecule has 0 aliphatic rings. The molecule has 0 aliphatic heterocycles. The van der Waals surface area contributed by atoms with Crippen molar-refractivity contribution >= 4 is 17.2 Å². The van der Waals surface area contributed by atoms with Crippen LogP contribution in [0.25, 0.3) is 21.8 Å². The van der Waals surface area contributed by atoms with E-state index in [2.05, 4.69) is 48.5 Å². The lowest BCUT2D eigenvalue weighted by atomic mass is 9.98. The Morgan fingerprint density at radius 3 is 2.45 bits per heavy atom. The van der Waals surface area contributed by atoms with Crippen molar-refractivity contribution in [2.24, 2.45) is 0 Å². The molecule has 0 saturated heterocycles. The van der Waals surface area contributed by atoms with Gasteiger partial charge in [-0.3, -0.25) is 5.10 Å². The Morgan fingerprint density at radius 1 is 1.15 bits per heavy atom. The average Bonchev–Trinajstić information content (AvgIpc) is 2.96. The number of anilines is 1. The zero-order chi connectivity index (χ0) is 14.3. The van der Waals surface area contributed by atoms with Crippen molar-refractivity contribution < 1.29 is 0 Å². The highest BCUT2D eigenvalue weighted by Crippen LogP contribution is 2.34. The molecular formula is C15H16N4S. The second-order valence-electron chi connectivity index (χ2n) is 5.01. The largest absolute Gasteiger partial charge is 0.383 e. The number of aromatic amines is 1. The SMILES string of the molecule is Cc1cc(C)c(-c2csc(-c3cn[nH]c3N)n2)c(C)c1. The van der Waals surface area contributed by atoms with E-state index in [0.29, 0.717) is 5.82 Å². The van der Waals surface area contributed by atoms with Gasteiger partial charge in [0.25, 0.3) is 0 Å². The highest BCUT2D eigenvalue weighted by atomic mass is 32.1. The second kappa shape index (κ2) is 4.76. The Hall–Kier alpha value is -2.14. The number of thiazole rings is 1. The molecule has 0 fully saturated rings. The number of hydrogen-bond acceptors (Lipinski definition) is 4. The predicted molar refractivity (Wildman–Crippen MR) is 83.8 cm³/mol. The first-order chi connectivity index (χ1) is 9.56. The topological polar surface area (TPSA) is 67.6 Å². The molecule has 2 aromatic heterocycles. The van der Waals surface area contributed by atoms with Crippen LogP contribution in [0, 0.1) is 20.8 Å². The summed E-state index contributed by atoms with van der Waals surface area (Å²) >= 11 is 1.59. The Labute approximate surface area is 121 Å². The summed E-state index contributed by atoms with van der Waals surface area (Å²) in [5.74, 6) is 0.559. The standard InChI is InChI=1S/C15H16N4S/c1-8-4-9(2)13(10(3)5-8)12-7-20-15(18-12)11-6-17-19-14(11)16/h4-7H,1-3H3,(H3,16,17,19). The molecular weight excluding hydrogens is 268 g/mol. The quantitative estimate of drug-likeness (QED) is 0.754. The molecule has 0 amide bonds. The van der Waals surface area contributed by atoms with Gasteiger partial charge in [-0.05, 0) is 31.9 Å². The number of H-pyrrole nitrogens is 1. The average molecular weight is 284 g/mol. The van der Waals surface area contributed by atoms with Crippen molar-refractivity contribution in [3.05, 3.63) is 40.4 Å². The van der Waals surface area contributed by atoms with Gasteiger partial charge in [0.1, 0.15) is 10.8 Å². The fraction of sp³-hybridized carbons (Fsp3) is 0.200. The molecule has 3 rings (SSSR count). The Kier molecular flexibility index (Phi) is 3.06. The van der Waals surface area contributed by atoms with Crippen molar-refractivity contribution in [3.8, 4) is 21.8 Å². The predicted octanol–water partition coefficient (Wildman–Crippen LogP) is 3.71. The van der Waals surface area contributed by atoms with Crippen LogP contribution in [0.15, 0.2) is 23.7 Å². The number of aromatic nitrogens is 3. The summed E-state index contributed by atoms with van der Waals surface area (Å²) in [5, 5.41) is 9.65. The number of nitrogens with one attached hydrogen (secondary N) is 1. The van der Waals surface area contributed by atoms with Gasteiger partial charge in [-0.15, -0.1) is 11.3 Å². The van der Waals surface area contributed by atoms with Crippen LogP contribution < -0.4 is 5.73 Å². The lowest BCUT2D eigenvalue weighted by Gasteiger charge is -2.08. The third-order valence-electron chi connectivity index (χ3n) is 3.34. The number of benzene rings is 1. The van der Waals surface area contributed by atoms with Crippen molar-refractivity contribution in [1.29, 1.82) is 0 Å². The molecule has 1 aromatic carbocycles. The smallest absolute Gasteiger partial charge is 0.129 e. The van der Waals surface area contributed by atoms with Gasteiger partial charge in [0.05, 0.1) is 17.5 Å². The van der Waals surface area contributed by atoms with Gasteiger partial charge in [-0.25, -0.2) is 4.98 Å². The van der Waals surface area contributed by atoms with E-state index in [-0.39, 0.29) is 0 Å². The summed E-state index contributed by atoms with van der Waals surface area (Å²) in [7, 11) is 0. The zero-order valence-corrected chi connectivity index (χ0v) is 12.5. The van der Waals surface area contributed by atoms with Gasteiger partial charge in [0, 0.05) is 10.9 Å². The van der Waals surface area contributed by atoms with Gasteiger partial charge in [0.2, 0.25) is 0 Å². The summed E-state index contributed by atoms with van der Waals surface area (Å²) in [6.45, 7) is 6.36. The number of nitrogen functional groups attached to an aromatic ring is 1. The van der Waals surface area contributed by atoms with Crippen molar-refractivity contribution in [2.45, 2.75) is 20.8 Å². The van der Waals surface area contributed by atoms with Crippen LogP contribution in [-0.4, -0.2) is 15.2 Å². The minimum Gasteiger partial charge on any atom is -0.383 e. The summed E-state index contributed by atoms with van der Waals surface area (Å²) in [5.41, 5.74) is 12.7. The molecule has 20 heavy (non-hydrogen) atoms. The van der Waals surface area contributed by atoms with Gasteiger partial charge in [-0.1, -0.05) is 17.7 Å². The van der Waals surface area contributed by atoms with E-state index in [9.17, 15) is 0 Å². The van der Waals surface area contributed by atoms with Crippen LogP contribution >= 0.6 is 11.3 Å². The van der Waals surface area contributed by atoms with E-state index < -0.39 is 0 Å². The molecule has 0 unspecified atom stereocenters. The first kappa shape index (κ1) is 12.9. The molecule has 0 saturated carbocycles. The van der Waals surface area contributed by atoms with Crippen LogP contribution in [0.5, 0.6) is 0 Å². The summed E-state index contributed by atoms with van der Waals surface area (Å²) < 4.78 is 0. The molecule has 4 nitrogen and oxygen atoms in total. The molecule has 0 radical (unpaired) electrons. The summed E-state index contributed by atoms with van der Waals surface area (Å²) in [6, 6.07) is 4.38. The summed E-state index contributed by atoms with van der Waals surface area (Å²) in [4.78, 5) is 4.71. The minimum atomic E-state index is 0.559. The monoisotopic (exact) mass is 284 g/mol. The minimum absolute atomic E-state index is 0.559. The maximum absolute atomic E-state index is 5.85. The second-order valence-corrected chi connectivity index (χ2v) is 5.87. The number of rotatable bonds is 2. The van der Waals surface area contributed by atoms with Crippen LogP contribution in [0.4, 0.5) is 5.82 Å². The van der Waals surface area contributed by atoms with E-state index in [0.717, 1.165) is 16.3 Å². The molecule has 0 atom stereocenters. The third kappa shape index (κ3) is 2.10. The number of nitrogens with two attached hydrogens (primary N) is 1. The molecule has 3 N–H and O–H groups in total. The van der Waals surface area contributed by atoms with Crippen LogP contribution in [0.1, 0.15) is 16.7 Å². The van der Waals surface area contributed by atoms with E-state index in [4.69, 9.17) is 10.7 Å². The van der Waals surface area contributed by atoms with Crippen molar-refractivity contribution in [3.63, 3.8) is 0 Å². The lowest BCUT2D eigenvalue weighted by Crippen LogP contribution is -1.91. The molecule has 3 aromatic rings. The molecule has 2 heterocycles. The van der Waals surface area contributed by atoms with Gasteiger partial charge < -0.3 is 5.73 Å². The molecule has 5 heteroatoms. The lowest BCUT2D eigenvalue weighted by molar-refractivity contribution is 1.10. The maximum atomic E-state index is 5.85. The van der Waals surface area contributed by atoms with Crippen molar-refractivity contribution in [1.82, 2.24) is 15.2 Å². The first-order valence-electron chi connectivity index (χ1n) is 6.39. The first-order valence-corrected chi connectivity index (χ1v) is 7.27. The fourth-order valence-corrected chi connectivity index (χ4v) is 3.40. The van der Waals surface area contributed by atoms with E-state index >= 15 is 0 Å². The van der Waals surface area contributed by atoms with Gasteiger partial charge in [-0.2, -0.15) is 5.10 Å². The van der Waals surface area contributed by atoms with E-state index in [1.165, 1.54) is 22.3 Å². The van der Waals surface area contributed by atoms with E-state index in [1.807, 2.05) is 0 Å². The highest BCUT2D eigenvalue weighted by Gasteiger charge is 2.13. The summed E-state index contributed by atoms with van der Waals surface area (Å²) in [6.07, 6.45) is 1.72. The third-order valence-corrected chi connectivity index (χ3v) is 4.21. The fourth-order valence-electron chi connectivity index (χ4n) is 2.56. The Morgan fingerprint density at radius 2 is 1.85 bits per heavy atom. The Bertz CT molecular complexity index is 747. The molecule has 0 bridgehead atoms. The number of aryl methyl sites for hydroxylation is 3. The van der Waals surface area contributed by atoms with Crippen LogP contribution in [0.2, 0.25) is 0 Å². The number of nitrogens with zero attached hydrogens (tertiary/aromatic N) is 2. The highest BCUT2D eigenvalue weighted by molar-refractivity contribution is 7.13. The Balaban J connectivity index is 2.10. The molecule has 0 spiro atoms. The number of hydrogen-bond donors (Lipinski definition) is 2. The van der Waals surface area contributed by atoms with E-state index in [1.54, 1.807) is 17.5 Å². The molecule has 0 aliphatic carbocycles. The van der Waals surface area contributed by atoms with Crippen LogP contribution in [0.3, 0.4) is 0 Å². The van der Waals surface area contributed by atoms with Crippen LogP contribution in [-0.2, 0) is 0 Å². The molecule has 102 valence electrons. The van der Waals surface area contributed by atoms with Crippen molar-refractivity contribution in [2.75, 3.05) is 5.73 Å². The normalized spacial score (nSPS) is 10.9.